The van der Waals surface area contributed by atoms with Gasteiger partial charge in [-0.15, -0.1) is 0 Å². The molecular formula is C13H20O2. The molecule has 0 fully saturated rings. The molecule has 0 heterocycles. The molecule has 0 aromatic heterocycles. The van der Waals surface area contributed by atoms with Crippen LogP contribution in [0.5, 0.6) is 5.75 Å². The maximum Gasteiger partial charge on any atom is 0.119 e. The SMILES string of the molecule is CCCCCOc1ccc(CCO)cc1. The second-order valence-electron chi connectivity index (χ2n) is 3.67. The molecule has 0 saturated heterocycles. The quantitative estimate of drug-likeness (QED) is 0.698. The van der Waals surface area contributed by atoms with Crippen molar-refractivity contribution in [3.63, 3.8) is 0 Å². The van der Waals surface area contributed by atoms with Gasteiger partial charge in [-0.3, -0.25) is 0 Å². The van der Waals surface area contributed by atoms with Gasteiger partial charge in [-0.2, -0.15) is 0 Å². The van der Waals surface area contributed by atoms with Crippen LogP contribution < -0.4 is 4.74 Å². The molecule has 0 unspecified atom stereocenters. The highest BCUT2D eigenvalue weighted by molar-refractivity contribution is 5.27. The predicted octanol–water partition coefficient (Wildman–Crippen LogP) is 2.79. The van der Waals surface area contributed by atoms with Gasteiger partial charge in [-0.1, -0.05) is 31.9 Å². The Morgan fingerprint density at radius 1 is 1.13 bits per heavy atom. The lowest BCUT2D eigenvalue weighted by molar-refractivity contribution is 0.298. The lowest BCUT2D eigenvalue weighted by atomic mass is 10.1. The molecule has 1 aromatic rings. The van der Waals surface area contributed by atoms with E-state index in [2.05, 4.69) is 6.92 Å². The molecule has 0 aliphatic carbocycles. The van der Waals surface area contributed by atoms with Gasteiger partial charge in [-0.05, 0) is 30.5 Å². The van der Waals surface area contributed by atoms with Crippen molar-refractivity contribution in [1.82, 2.24) is 0 Å². The summed E-state index contributed by atoms with van der Waals surface area (Å²) in [5, 5.41) is 8.76. The molecule has 1 rings (SSSR count). The summed E-state index contributed by atoms with van der Waals surface area (Å²) in [6.45, 7) is 3.19. The lowest BCUT2D eigenvalue weighted by Gasteiger charge is -2.06. The van der Waals surface area contributed by atoms with Crippen molar-refractivity contribution in [2.45, 2.75) is 32.6 Å². The van der Waals surface area contributed by atoms with Crippen LogP contribution in [0, 0.1) is 0 Å². The number of aliphatic hydroxyl groups excluding tert-OH is 1. The molecule has 2 heteroatoms. The summed E-state index contributed by atoms with van der Waals surface area (Å²) in [5.74, 6) is 0.924. The fourth-order valence-electron chi connectivity index (χ4n) is 1.42. The summed E-state index contributed by atoms with van der Waals surface area (Å²) in [6, 6.07) is 7.95. The van der Waals surface area contributed by atoms with Gasteiger partial charge in [0.1, 0.15) is 5.75 Å². The van der Waals surface area contributed by atoms with E-state index in [1.54, 1.807) is 0 Å². The van der Waals surface area contributed by atoms with Gasteiger partial charge >= 0.3 is 0 Å². The van der Waals surface area contributed by atoms with Crippen LogP contribution in [0.2, 0.25) is 0 Å². The van der Waals surface area contributed by atoms with Crippen LogP contribution in [-0.2, 0) is 6.42 Å². The van der Waals surface area contributed by atoms with Crippen molar-refractivity contribution in [3.8, 4) is 5.75 Å². The van der Waals surface area contributed by atoms with Crippen LogP contribution >= 0.6 is 0 Å². The average molecular weight is 208 g/mol. The molecule has 0 aliphatic heterocycles. The zero-order valence-corrected chi connectivity index (χ0v) is 9.41. The minimum atomic E-state index is 0.205. The third-order valence-electron chi connectivity index (χ3n) is 2.34. The van der Waals surface area contributed by atoms with E-state index in [-0.39, 0.29) is 6.61 Å². The highest BCUT2D eigenvalue weighted by atomic mass is 16.5. The summed E-state index contributed by atoms with van der Waals surface area (Å²) in [5.41, 5.74) is 1.15. The van der Waals surface area contributed by atoms with Gasteiger partial charge in [0.2, 0.25) is 0 Å². The van der Waals surface area contributed by atoms with Crippen LogP contribution in [0.1, 0.15) is 31.7 Å². The molecule has 0 aliphatic rings. The predicted molar refractivity (Wildman–Crippen MR) is 62.3 cm³/mol. The van der Waals surface area contributed by atoms with Crippen molar-refractivity contribution in [2.24, 2.45) is 0 Å². The van der Waals surface area contributed by atoms with Gasteiger partial charge in [-0.25, -0.2) is 0 Å². The summed E-state index contributed by atoms with van der Waals surface area (Å²) >= 11 is 0. The summed E-state index contributed by atoms with van der Waals surface area (Å²) in [7, 11) is 0. The number of ether oxygens (including phenoxy) is 1. The Morgan fingerprint density at radius 2 is 1.87 bits per heavy atom. The molecule has 0 radical (unpaired) electrons. The minimum absolute atomic E-state index is 0.205. The van der Waals surface area contributed by atoms with Crippen LogP contribution in [-0.4, -0.2) is 18.3 Å². The van der Waals surface area contributed by atoms with Crippen molar-refractivity contribution in [3.05, 3.63) is 29.8 Å². The Kier molecular flexibility index (Phi) is 5.86. The van der Waals surface area contributed by atoms with Gasteiger partial charge in [0.05, 0.1) is 6.61 Å². The first-order chi connectivity index (χ1) is 7.36. The van der Waals surface area contributed by atoms with Crippen molar-refractivity contribution in [1.29, 1.82) is 0 Å². The first-order valence-electron chi connectivity index (χ1n) is 5.69. The first-order valence-corrected chi connectivity index (χ1v) is 5.69. The zero-order chi connectivity index (χ0) is 10.9. The minimum Gasteiger partial charge on any atom is -0.494 e. The molecule has 0 spiro atoms. The Bertz CT molecular complexity index is 254. The van der Waals surface area contributed by atoms with Crippen LogP contribution in [0.3, 0.4) is 0 Å². The maximum absolute atomic E-state index is 8.76. The zero-order valence-electron chi connectivity index (χ0n) is 9.41. The smallest absolute Gasteiger partial charge is 0.119 e. The van der Waals surface area contributed by atoms with Gasteiger partial charge < -0.3 is 9.84 Å². The Morgan fingerprint density at radius 3 is 2.47 bits per heavy atom. The monoisotopic (exact) mass is 208 g/mol. The van der Waals surface area contributed by atoms with E-state index in [0.29, 0.717) is 0 Å². The summed E-state index contributed by atoms with van der Waals surface area (Å²) in [4.78, 5) is 0. The summed E-state index contributed by atoms with van der Waals surface area (Å²) in [6.07, 6.45) is 4.28. The lowest BCUT2D eigenvalue weighted by Crippen LogP contribution is -1.97. The number of unbranched alkanes of at least 4 members (excludes halogenated alkanes) is 2. The highest BCUT2D eigenvalue weighted by Gasteiger charge is 1.95. The van der Waals surface area contributed by atoms with E-state index in [0.717, 1.165) is 30.8 Å². The number of aliphatic hydroxyl groups is 1. The number of benzene rings is 1. The molecule has 1 aromatic carbocycles. The van der Waals surface area contributed by atoms with Crippen molar-refractivity contribution >= 4 is 0 Å². The van der Waals surface area contributed by atoms with E-state index in [4.69, 9.17) is 9.84 Å². The van der Waals surface area contributed by atoms with Crippen molar-refractivity contribution in [2.75, 3.05) is 13.2 Å². The Balaban J connectivity index is 2.29. The van der Waals surface area contributed by atoms with E-state index in [1.807, 2.05) is 24.3 Å². The maximum atomic E-state index is 8.76. The molecule has 84 valence electrons. The Labute approximate surface area is 91.9 Å². The normalized spacial score (nSPS) is 10.3. The van der Waals surface area contributed by atoms with Gasteiger partial charge in [0, 0.05) is 6.61 Å². The van der Waals surface area contributed by atoms with Crippen molar-refractivity contribution < 1.29 is 9.84 Å². The molecule has 0 amide bonds. The van der Waals surface area contributed by atoms with Crippen LogP contribution in [0.25, 0.3) is 0 Å². The second-order valence-corrected chi connectivity index (χ2v) is 3.67. The molecule has 1 N–H and O–H groups in total. The fraction of sp³-hybridized carbons (Fsp3) is 0.538. The number of hydrogen-bond donors (Lipinski definition) is 1. The van der Waals surface area contributed by atoms with E-state index in [9.17, 15) is 0 Å². The van der Waals surface area contributed by atoms with E-state index in [1.165, 1.54) is 12.8 Å². The standard InChI is InChI=1S/C13H20O2/c1-2-3-4-11-15-13-7-5-12(6-8-13)9-10-14/h5-8,14H,2-4,9-11H2,1H3. The van der Waals surface area contributed by atoms with Crippen LogP contribution in [0.15, 0.2) is 24.3 Å². The average Bonchev–Trinajstić information content (AvgIpc) is 2.27. The summed E-state index contributed by atoms with van der Waals surface area (Å²) < 4.78 is 5.58. The molecule has 15 heavy (non-hydrogen) atoms. The fourth-order valence-corrected chi connectivity index (χ4v) is 1.42. The molecule has 0 saturated carbocycles. The molecular weight excluding hydrogens is 188 g/mol. The topological polar surface area (TPSA) is 29.5 Å². The van der Waals surface area contributed by atoms with Gasteiger partial charge in [0.15, 0.2) is 0 Å². The number of hydrogen-bond acceptors (Lipinski definition) is 2. The third kappa shape index (κ3) is 4.84. The number of rotatable bonds is 7. The molecule has 2 nitrogen and oxygen atoms in total. The van der Waals surface area contributed by atoms with Gasteiger partial charge in [0.25, 0.3) is 0 Å². The largest absolute Gasteiger partial charge is 0.494 e. The highest BCUT2D eigenvalue weighted by Crippen LogP contribution is 2.13. The molecule has 0 atom stereocenters. The van der Waals surface area contributed by atoms with E-state index >= 15 is 0 Å². The third-order valence-corrected chi connectivity index (χ3v) is 2.34. The molecule has 0 bridgehead atoms. The Hall–Kier alpha value is -1.02. The first kappa shape index (κ1) is 12.1. The van der Waals surface area contributed by atoms with E-state index < -0.39 is 0 Å². The second kappa shape index (κ2) is 7.30. The van der Waals surface area contributed by atoms with Crippen LogP contribution in [0.4, 0.5) is 0 Å².